The zero-order valence-electron chi connectivity index (χ0n) is 13.0. The molecule has 0 aliphatic carbocycles. The van der Waals surface area contributed by atoms with Gasteiger partial charge < -0.3 is 10.2 Å². The van der Waals surface area contributed by atoms with E-state index in [-0.39, 0.29) is 18.3 Å². The minimum Gasteiger partial charge on any atom is -0.323 e. The van der Waals surface area contributed by atoms with E-state index in [1.165, 1.54) is 4.90 Å². The van der Waals surface area contributed by atoms with Crippen molar-refractivity contribution in [3.63, 3.8) is 0 Å². The number of aryl methyl sites for hydroxylation is 1. The molecule has 7 heteroatoms. The Morgan fingerprint density at radius 1 is 1.32 bits per heavy atom. The van der Waals surface area contributed by atoms with Crippen LogP contribution in [0.5, 0.6) is 0 Å². The Morgan fingerprint density at radius 2 is 2.00 bits per heavy atom. The molecular weight excluding hydrogens is 324 g/mol. The molecule has 122 valence electrons. The highest BCUT2D eigenvalue weighted by atomic mass is 35.5. The van der Waals surface area contributed by atoms with Crippen LogP contribution in [0.3, 0.4) is 0 Å². The Bertz CT molecular complexity index is 686. The fourth-order valence-electron chi connectivity index (χ4n) is 2.31. The van der Waals surface area contributed by atoms with Crippen molar-refractivity contribution in [3.05, 3.63) is 28.8 Å². The molecule has 5 nitrogen and oxygen atoms in total. The van der Waals surface area contributed by atoms with Crippen LogP contribution in [0.15, 0.2) is 18.2 Å². The number of nitrogens with one attached hydrogen (secondary N) is 1. The summed E-state index contributed by atoms with van der Waals surface area (Å²) in [4.78, 5) is 13.9. The molecule has 1 aromatic carbocycles. The van der Waals surface area contributed by atoms with Crippen LogP contribution in [0.1, 0.15) is 25.8 Å². The molecule has 1 aromatic rings. The largest absolute Gasteiger partial charge is 0.323 e. The van der Waals surface area contributed by atoms with Crippen molar-refractivity contribution in [2.75, 3.05) is 24.2 Å². The highest BCUT2D eigenvalue weighted by Gasteiger charge is 2.38. The number of nitrogens with zero attached hydrogens (tertiary/aromatic N) is 1. The Hall–Kier alpha value is -1.27. The lowest BCUT2D eigenvalue weighted by atomic mass is 10.1. The number of anilines is 1. The number of carbonyl (C=O) groups excluding carboxylic acids is 1. The van der Waals surface area contributed by atoms with Gasteiger partial charge in [0.1, 0.15) is 0 Å². The summed E-state index contributed by atoms with van der Waals surface area (Å²) in [5.74, 6) is -0.0189. The maximum absolute atomic E-state index is 12.4. The van der Waals surface area contributed by atoms with Crippen LogP contribution in [-0.4, -0.2) is 42.9 Å². The second-order valence-electron chi connectivity index (χ2n) is 6.23. The van der Waals surface area contributed by atoms with E-state index < -0.39 is 14.6 Å². The maximum Gasteiger partial charge on any atom is 0.321 e. The van der Waals surface area contributed by atoms with Gasteiger partial charge in [-0.3, -0.25) is 0 Å². The SMILES string of the molecule is Cc1ccc(Cl)c(NC(=O)N2CCC(C)(C)S(=O)(=O)CC2)c1. The molecule has 1 fully saturated rings. The number of benzene rings is 1. The first kappa shape index (κ1) is 17.1. The van der Waals surface area contributed by atoms with Crippen molar-refractivity contribution in [2.45, 2.75) is 31.9 Å². The topological polar surface area (TPSA) is 66.5 Å². The summed E-state index contributed by atoms with van der Waals surface area (Å²) in [5.41, 5.74) is 1.53. The Balaban J connectivity index is 2.12. The van der Waals surface area contributed by atoms with Gasteiger partial charge in [-0.1, -0.05) is 17.7 Å². The van der Waals surface area contributed by atoms with E-state index in [2.05, 4.69) is 5.32 Å². The summed E-state index contributed by atoms with van der Waals surface area (Å²) < 4.78 is 23.5. The summed E-state index contributed by atoms with van der Waals surface area (Å²) in [6.07, 6.45) is 0.421. The lowest BCUT2D eigenvalue weighted by Gasteiger charge is -2.23. The van der Waals surface area contributed by atoms with E-state index in [9.17, 15) is 13.2 Å². The van der Waals surface area contributed by atoms with Crippen LogP contribution in [0, 0.1) is 6.92 Å². The first-order valence-corrected chi connectivity index (χ1v) is 9.20. The van der Waals surface area contributed by atoms with Crippen LogP contribution in [0.25, 0.3) is 0 Å². The minimum absolute atomic E-state index is 0.0189. The summed E-state index contributed by atoms with van der Waals surface area (Å²) in [5, 5.41) is 3.22. The lowest BCUT2D eigenvalue weighted by molar-refractivity contribution is 0.214. The zero-order valence-corrected chi connectivity index (χ0v) is 14.6. The van der Waals surface area contributed by atoms with Crippen LogP contribution >= 0.6 is 11.6 Å². The molecule has 2 amide bonds. The first-order valence-electron chi connectivity index (χ1n) is 7.17. The summed E-state index contributed by atoms with van der Waals surface area (Å²) >= 11 is 6.07. The van der Waals surface area contributed by atoms with E-state index >= 15 is 0 Å². The molecule has 1 aliphatic rings. The van der Waals surface area contributed by atoms with Crippen molar-refractivity contribution in [1.29, 1.82) is 0 Å². The normalized spacial score (nSPS) is 20.3. The maximum atomic E-state index is 12.4. The van der Waals surface area contributed by atoms with Gasteiger partial charge in [0.25, 0.3) is 0 Å². The zero-order chi connectivity index (χ0) is 16.5. The number of amides is 2. The highest BCUT2D eigenvalue weighted by Crippen LogP contribution is 2.26. The van der Waals surface area contributed by atoms with Gasteiger partial charge in [-0.2, -0.15) is 0 Å². The molecule has 0 saturated carbocycles. The molecular formula is C15H21ClN2O3S. The number of carbonyl (C=O) groups is 1. The van der Waals surface area contributed by atoms with Gasteiger partial charge in [-0.25, -0.2) is 13.2 Å². The van der Waals surface area contributed by atoms with E-state index in [1.807, 2.05) is 13.0 Å². The number of halogens is 1. The summed E-state index contributed by atoms with van der Waals surface area (Å²) in [6, 6.07) is 5.06. The number of sulfone groups is 1. The van der Waals surface area contributed by atoms with Gasteiger partial charge in [-0.05, 0) is 44.9 Å². The molecule has 1 heterocycles. The van der Waals surface area contributed by atoms with Crippen molar-refractivity contribution in [2.24, 2.45) is 0 Å². The van der Waals surface area contributed by atoms with E-state index in [0.29, 0.717) is 23.7 Å². The van der Waals surface area contributed by atoms with Gasteiger partial charge in [0.2, 0.25) is 0 Å². The van der Waals surface area contributed by atoms with E-state index in [4.69, 9.17) is 11.6 Å². The van der Waals surface area contributed by atoms with Crippen molar-refractivity contribution < 1.29 is 13.2 Å². The van der Waals surface area contributed by atoms with Crippen LogP contribution in [-0.2, 0) is 9.84 Å². The van der Waals surface area contributed by atoms with Crippen LogP contribution < -0.4 is 5.32 Å². The van der Waals surface area contributed by atoms with Gasteiger partial charge in [-0.15, -0.1) is 0 Å². The van der Waals surface area contributed by atoms with E-state index in [0.717, 1.165) is 5.56 Å². The standard InChI is InChI=1S/C15H21ClN2O3S/c1-11-4-5-12(16)13(10-11)17-14(19)18-7-6-15(2,3)22(20,21)9-8-18/h4-5,10H,6-9H2,1-3H3,(H,17,19). The smallest absolute Gasteiger partial charge is 0.321 e. The molecule has 0 radical (unpaired) electrons. The second kappa shape index (κ2) is 6.08. The molecule has 0 spiro atoms. The molecule has 0 unspecified atom stereocenters. The predicted octanol–water partition coefficient (Wildman–Crippen LogP) is 3.08. The van der Waals surface area contributed by atoms with Crippen LogP contribution in [0.2, 0.25) is 5.02 Å². The lowest BCUT2D eigenvalue weighted by Crippen LogP contribution is -2.37. The van der Waals surface area contributed by atoms with Gasteiger partial charge >= 0.3 is 6.03 Å². The average Bonchev–Trinajstić information content (AvgIpc) is 2.52. The summed E-state index contributed by atoms with van der Waals surface area (Å²) in [6.45, 7) is 5.93. The third-order valence-corrected chi connectivity index (χ3v) is 7.04. The Kier molecular flexibility index (Phi) is 4.73. The van der Waals surface area contributed by atoms with Gasteiger partial charge in [0.05, 0.1) is 21.2 Å². The number of rotatable bonds is 1. The van der Waals surface area contributed by atoms with Gasteiger partial charge in [0.15, 0.2) is 9.84 Å². The fourth-order valence-corrected chi connectivity index (χ4v) is 3.89. The molecule has 22 heavy (non-hydrogen) atoms. The molecule has 0 bridgehead atoms. The first-order chi connectivity index (χ1) is 10.1. The third kappa shape index (κ3) is 3.55. The highest BCUT2D eigenvalue weighted by molar-refractivity contribution is 7.92. The molecule has 1 saturated heterocycles. The van der Waals surface area contributed by atoms with Gasteiger partial charge in [0, 0.05) is 13.1 Å². The monoisotopic (exact) mass is 344 g/mol. The predicted molar refractivity (Wildman–Crippen MR) is 89.3 cm³/mol. The summed E-state index contributed by atoms with van der Waals surface area (Å²) in [7, 11) is -3.20. The number of urea groups is 1. The third-order valence-electron chi connectivity index (χ3n) is 4.11. The Labute approximate surface area is 136 Å². The second-order valence-corrected chi connectivity index (χ2v) is 9.38. The van der Waals surface area contributed by atoms with Crippen molar-refractivity contribution in [1.82, 2.24) is 4.90 Å². The number of hydrogen-bond acceptors (Lipinski definition) is 3. The van der Waals surface area contributed by atoms with E-state index in [1.54, 1.807) is 26.0 Å². The van der Waals surface area contributed by atoms with Crippen molar-refractivity contribution in [3.8, 4) is 0 Å². The quantitative estimate of drug-likeness (QED) is 0.851. The van der Waals surface area contributed by atoms with Crippen molar-refractivity contribution >= 4 is 33.2 Å². The Morgan fingerprint density at radius 3 is 2.68 bits per heavy atom. The average molecular weight is 345 g/mol. The van der Waals surface area contributed by atoms with Crippen LogP contribution in [0.4, 0.5) is 10.5 Å². The molecule has 2 rings (SSSR count). The molecule has 1 N–H and O–H groups in total. The molecule has 1 aliphatic heterocycles. The number of hydrogen-bond donors (Lipinski definition) is 1. The fraction of sp³-hybridized carbons (Fsp3) is 0.533. The molecule has 0 atom stereocenters. The molecule has 0 aromatic heterocycles. The minimum atomic E-state index is -3.20.